The zero-order valence-electron chi connectivity index (χ0n) is 12.3. The molecular weight excluding hydrogens is 276 g/mol. The van der Waals surface area contributed by atoms with E-state index in [1.54, 1.807) is 19.1 Å². The fraction of sp³-hybridized carbons (Fsp3) is 0.533. The third-order valence-electron chi connectivity index (χ3n) is 3.14. The summed E-state index contributed by atoms with van der Waals surface area (Å²) in [6.07, 6.45) is 2.27. The van der Waals surface area contributed by atoms with Gasteiger partial charge in [-0.3, -0.25) is 4.79 Å². The van der Waals surface area contributed by atoms with Crippen molar-refractivity contribution in [3.05, 3.63) is 29.8 Å². The first-order valence-corrected chi connectivity index (χ1v) is 6.73. The molecule has 0 spiro atoms. The average molecular weight is 301 g/mol. The van der Waals surface area contributed by atoms with Gasteiger partial charge in [-0.05, 0) is 44.4 Å². The Morgan fingerprint density at radius 1 is 1.40 bits per heavy atom. The molecule has 2 atom stereocenters. The Balaban J connectivity index is 0.00000361. The van der Waals surface area contributed by atoms with Gasteiger partial charge in [-0.15, -0.1) is 12.4 Å². The van der Waals surface area contributed by atoms with Gasteiger partial charge in [0, 0.05) is 6.04 Å². The molecule has 4 nitrogen and oxygen atoms in total. The first kappa shape index (κ1) is 18.7. The van der Waals surface area contributed by atoms with Crippen LogP contribution in [0.4, 0.5) is 0 Å². The highest BCUT2D eigenvalue weighted by atomic mass is 35.5. The van der Waals surface area contributed by atoms with Gasteiger partial charge in [-0.1, -0.05) is 25.5 Å². The maximum absolute atomic E-state index is 12.0. The molecule has 0 saturated heterocycles. The van der Waals surface area contributed by atoms with Gasteiger partial charge >= 0.3 is 0 Å². The van der Waals surface area contributed by atoms with E-state index in [1.165, 1.54) is 0 Å². The largest absolute Gasteiger partial charge is 0.508 e. The number of rotatable bonds is 6. The second kappa shape index (κ2) is 8.12. The Morgan fingerprint density at radius 3 is 2.45 bits per heavy atom. The summed E-state index contributed by atoms with van der Waals surface area (Å²) in [5.74, 6) is 0.138. The van der Waals surface area contributed by atoms with Crippen LogP contribution in [0, 0.1) is 0 Å². The maximum Gasteiger partial charge on any atom is 0.240 e. The lowest BCUT2D eigenvalue weighted by molar-refractivity contribution is -0.126. The maximum atomic E-state index is 12.0. The first-order chi connectivity index (χ1) is 8.85. The van der Waals surface area contributed by atoms with E-state index in [4.69, 9.17) is 5.73 Å². The molecule has 20 heavy (non-hydrogen) atoms. The fourth-order valence-electron chi connectivity index (χ4n) is 2.06. The van der Waals surface area contributed by atoms with Gasteiger partial charge in [0.05, 0.1) is 5.54 Å². The van der Waals surface area contributed by atoms with Crippen molar-refractivity contribution in [3.8, 4) is 5.75 Å². The summed E-state index contributed by atoms with van der Waals surface area (Å²) in [4.78, 5) is 12.0. The van der Waals surface area contributed by atoms with Crippen molar-refractivity contribution < 1.29 is 9.90 Å². The van der Waals surface area contributed by atoms with Crippen molar-refractivity contribution in [1.82, 2.24) is 5.32 Å². The Bertz CT molecular complexity index is 418. The number of carbonyl (C=O) groups excluding carboxylic acids is 1. The van der Waals surface area contributed by atoms with Crippen LogP contribution in [0.3, 0.4) is 0 Å². The van der Waals surface area contributed by atoms with Crippen LogP contribution in [0.5, 0.6) is 5.75 Å². The van der Waals surface area contributed by atoms with Crippen LogP contribution >= 0.6 is 12.4 Å². The highest BCUT2D eigenvalue weighted by Crippen LogP contribution is 2.12. The van der Waals surface area contributed by atoms with Crippen LogP contribution in [-0.2, 0) is 11.2 Å². The van der Waals surface area contributed by atoms with Gasteiger partial charge in [0.15, 0.2) is 0 Å². The summed E-state index contributed by atoms with van der Waals surface area (Å²) in [5, 5.41) is 12.2. The van der Waals surface area contributed by atoms with E-state index in [2.05, 4.69) is 5.32 Å². The van der Waals surface area contributed by atoms with Crippen molar-refractivity contribution in [3.63, 3.8) is 0 Å². The van der Waals surface area contributed by atoms with Gasteiger partial charge in [-0.2, -0.15) is 0 Å². The second-order valence-electron chi connectivity index (χ2n) is 5.41. The van der Waals surface area contributed by atoms with Crippen molar-refractivity contribution in [2.45, 2.75) is 51.6 Å². The number of hydrogen-bond acceptors (Lipinski definition) is 3. The number of benzene rings is 1. The lowest BCUT2D eigenvalue weighted by Crippen LogP contribution is -2.53. The topological polar surface area (TPSA) is 75.4 Å². The number of aromatic hydroxyl groups is 1. The van der Waals surface area contributed by atoms with Gasteiger partial charge in [-0.25, -0.2) is 0 Å². The van der Waals surface area contributed by atoms with Gasteiger partial charge < -0.3 is 16.2 Å². The number of nitrogens with one attached hydrogen (secondary N) is 1. The Labute approximate surface area is 127 Å². The zero-order valence-corrected chi connectivity index (χ0v) is 13.2. The predicted molar refractivity (Wildman–Crippen MR) is 84.2 cm³/mol. The van der Waals surface area contributed by atoms with Crippen molar-refractivity contribution in [2.24, 2.45) is 5.73 Å². The molecule has 4 N–H and O–H groups in total. The van der Waals surface area contributed by atoms with Crippen molar-refractivity contribution in [2.75, 3.05) is 0 Å². The minimum Gasteiger partial charge on any atom is -0.508 e. The summed E-state index contributed by atoms with van der Waals surface area (Å²) in [6, 6.07) is 7.01. The molecule has 0 aromatic heterocycles. The molecule has 0 aliphatic rings. The van der Waals surface area contributed by atoms with E-state index in [9.17, 15) is 9.90 Å². The van der Waals surface area contributed by atoms with E-state index < -0.39 is 5.54 Å². The smallest absolute Gasteiger partial charge is 0.240 e. The minimum absolute atomic E-state index is 0. The molecule has 0 aliphatic heterocycles. The van der Waals surface area contributed by atoms with Crippen molar-refractivity contribution in [1.29, 1.82) is 0 Å². The molecular formula is C15H25ClN2O2. The standard InChI is InChI=1S/C15H24N2O2.ClH/c1-4-9-15(3,16)14(19)17-11(2)10-12-5-7-13(18)8-6-12;/h5-8,11,18H,4,9-10,16H2,1-3H3,(H,17,19);1H. The molecule has 0 fully saturated rings. The molecule has 1 rings (SSSR count). The summed E-state index contributed by atoms with van der Waals surface area (Å²) in [7, 11) is 0. The van der Waals surface area contributed by atoms with Gasteiger partial charge in [0.25, 0.3) is 0 Å². The molecule has 1 aromatic carbocycles. The third kappa shape index (κ3) is 5.80. The van der Waals surface area contributed by atoms with E-state index in [0.29, 0.717) is 12.8 Å². The van der Waals surface area contributed by atoms with Gasteiger partial charge in [0.1, 0.15) is 5.75 Å². The molecule has 0 bridgehead atoms. The van der Waals surface area contributed by atoms with Crippen LogP contribution in [0.1, 0.15) is 39.2 Å². The number of amides is 1. The fourth-order valence-corrected chi connectivity index (χ4v) is 2.06. The number of phenols is 1. The zero-order chi connectivity index (χ0) is 14.5. The monoisotopic (exact) mass is 300 g/mol. The number of nitrogens with two attached hydrogens (primary N) is 1. The Hall–Kier alpha value is -1.26. The van der Waals surface area contributed by atoms with Crippen LogP contribution in [0.2, 0.25) is 0 Å². The normalized spacial score (nSPS) is 14.8. The molecule has 1 aromatic rings. The average Bonchev–Trinajstić information content (AvgIpc) is 2.32. The predicted octanol–water partition coefficient (Wildman–Crippen LogP) is 2.38. The van der Waals surface area contributed by atoms with E-state index in [-0.39, 0.29) is 30.1 Å². The molecule has 114 valence electrons. The third-order valence-corrected chi connectivity index (χ3v) is 3.14. The van der Waals surface area contributed by atoms with E-state index in [0.717, 1.165) is 12.0 Å². The quantitative estimate of drug-likeness (QED) is 0.755. The summed E-state index contributed by atoms with van der Waals surface area (Å²) < 4.78 is 0. The van der Waals surface area contributed by atoms with Crippen LogP contribution < -0.4 is 11.1 Å². The lowest BCUT2D eigenvalue weighted by Gasteiger charge is -2.25. The Kier molecular flexibility index (Phi) is 7.61. The summed E-state index contributed by atoms with van der Waals surface area (Å²) in [6.45, 7) is 5.73. The molecule has 0 heterocycles. The molecule has 0 saturated carbocycles. The number of phenolic OH excluding ortho intramolecular Hbond substituents is 1. The molecule has 2 unspecified atom stereocenters. The molecule has 0 radical (unpaired) electrons. The number of carbonyl (C=O) groups is 1. The van der Waals surface area contributed by atoms with Crippen LogP contribution in [0.15, 0.2) is 24.3 Å². The number of hydrogen-bond donors (Lipinski definition) is 3. The second-order valence-corrected chi connectivity index (χ2v) is 5.41. The lowest BCUT2D eigenvalue weighted by atomic mass is 9.95. The first-order valence-electron chi connectivity index (χ1n) is 6.73. The number of halogens is 1. The highest BCUT2D eigenvalue weighted by Gasteiger charge is 2.27. The molecule has 0 aliphatic carbocycles. The summed E-state index contributed by atoms with van der Waals surface area (Å²) in [5.41, 5.74) is 6.25. The summed E-state index contributed by atoms with van der Waals surface area (Å²) >= 11 is 0. The van der Waals surface area contributed by atoms with Gasteiger partial charge in [0.2, 0.25) is 5.91 Å². The Morgan fingerprint density at radius 2 is 1.95 bits per heavy atom. The van der Waals surface area contributed by atoms with Crippen LogP contribution in [-0.4, -0.2) is 22.6 Å². The van der Waals surface area contributed by atoms with Crippen LogP contribution in [0.25, 0.3) is 0 Å². The van der Waals surface area contributed by atoms with E-state index in [1.807, 2.05) is 26.0 Å². The minimum atomic E-state index is -0.808. The highest BCUT2D eigenvalue weighted by molar-refractivity contribution is 5.86. The molecule has 1 amide bonds. The van der Waals surface area contributed by atoms with Crippen molar-refractivity contribution >= 4 is 18.3 Å². The van der Waals surface area contributed by atoms with E-state index >= 15 is 0 Å². The molecule has 5 heteroatoms. The SMILES string of the molecule is CCCC(C)(N)C(=O)NC(C)Cc1ccc(O)cc1.Cl.